The van der Waals surface area contributed by atoms with Gasteiger partial charge in [-0.1, -0.05) is 119 Å². The zero-order valence-corrected chi connectivity index (χ0v) is 72.4. The number of hydrogen-bond donors (Lipinski definition) is 3. The molecule has 0 bridgehead atoms. The van der Waals surface area contributed by atoms with Gasteiger partial charge in [0.1, 0.15) is 22.6 Å². The second kappa shape index (κ2) is 37.6. The van der Waals surface area contributed by atoms with Crippen molar-refractivity contribution in [3.63, 3.8) is 0 Å². The van der Waals surface area contributed by atoms with Crippen LogP contribution in [-0.4, -0.2) is 166 Å². The molecule has 18 rings (SSSR count). The lowest BCUT2D eigenvalue weighted by molar-refractivity contribution is 0.00578. The van der Waals surface area contributed by atoms with E-state index in [-0.39, 0.29) is 18.3 Å². The summed E-state index contributed by atoms with van der Waals surface area (Å²) in [6, 6.07) is 53.1. The highest BCUT2D eigenvalue weighted by atomic mass is 79.9. The molecule has 119 heavy (non-hydrogen) atoms. The Kier molecular flexibility index (Phi) is 26.8. The van der Waals surface area contributed by atoms with E-state index in [4.69, 9.17) is 89.9 Å². The van der Waals surface area contributed by atoms with Crippen LogP contribution in [0.15, 0.2) is 188 Å². The second-order valence-corrected chi connectivity index (χ2v) is 32.1. The third-order valence-electron chi connectivity index (χ3n) is 20.9. The number of anilines is 9. The smallest absolute Gasteiger partial charge is 0.399 e. The summed E-state index contributed by atoms with van der Waals surface area (Å²) < 4.78 is 37.1. The molecule has 0 amide bonds. The molecule has 0 atom stereocenters. The van der Waals surface area contributed by atoms with Gasteiger partial charge in [-0.3, -0.25) is 18.7 Å². The Labute approximate surface area is 720 Å². The summed E-state index contributed by atoms with van der Waals surface area (Å²) >= 11 is 27.5. The summed E-state index contributed by atoms with van der Waals surface area (Å²) in [6.45, 7) is 30.4. The fourth-order valence-electron chi connectivity index (χ4n) is 13.9. The van der Waals surface area contributed by atoms with Gasteiger partial charge in [-0.25, -0.2) is 15.0 Å². The van der Waals surface area contributed by atoms with Crippen molar-refractivity contribution in [2.75, 3.05) is 110 Å². The third kappa shape index (κ3) is 20.2. The maximum atomic E-state index is 6.10. The molecule has 11 heterocycles. The fraction of sp³-hybridized carbons (Fsp3) is 0.273. The van der Waals surface area contributed by atoms with E-state index < -0.39 is 0 Å². The number of aryl methyl sites for hydroxylation is 5. The van der Waals surface area contributed by atoms with Crippen LogP contribution in [0.5, 0.6) is 0 Å². The molecular formula is C88H92BBrCl4N20O5. The Balaban J connectivity index is 0.000000126. The molecule has 4 fully saturated rings. The molecule has 4 saturated heterocycles. The molecule has 612 valence electrons. The van der Waals surface area contributed by atoms with Gasteiger partial charge in [0, 0.05) is 155 Å². The van der Waals surface area contributed by atoms with Crippen molar-refractivity contribution in [3.05, 3.63) is 231 Å². The first-order valence-corrected chi connectivity index (χ1v) is 41.3. The lowest BCUT2D eigenvalue weighted by Crippen LogP contribution is -2.41. The van der Waals surface area contributed by atoms with Crippen molar-refractivity contribution in [2.45, 2.75) is 52.2 Å². The predicted molar refractivity (Wildman–Crippen MR) is 488 cm³/mol. The lowest BCUT2D eigenvalue weighted by Gasteiger charge is -2.32. The zero-order chi connectivity index (χ0) is 83.7. The molecule has 4 aliphatic heterocycles. The van der Waals surface area contributed by atoms with E-state index >= 15 is 0 Å². The number of nitrogens with one attached hydrogen (secondary N) is 3. The van der Waals surface area contributed by atoms with Crippen LogP contribution in [0.25, 0.3) is 84.4 Å². The van der Waals surface area contributed by atoms with Crippen LogP contribution < -0.4 is 36.1 Å². The fourth-order valence-corrected chi connectivity index (χ4v) is 14.8. The molecule has 14 aromatic rings. The zero-order valence-electron chi connectivity index (χ0n) is 67.7. The maximum absolute atomic E-state index is 6.10. The van der Waals surface area contributed by atoms with Gasteiger partial charge < -0.3 is 54.2 Å². The van der Waals surface area contributed by atoms with Gasteiger partial charge in [0.05, 0.1) is 107 Å². The van der Waals surface area contributed by atoms with Crippen LogP contribution in [-0.2, 0) is 58.1 Å². The number of aromatic nitrogens is 14. The Morgan fingerprint density at radius 1 is 0.412 bits per heavy atom. The van der Waals surface area contributed by atoms with Crippen molar-refractivity contribution in [3.8, 4) is 22.5 Å². The summed E-state index contributed by atoms with van der Waals surface area (Å²) in [5.74, 6) is 4.09. The highest BCUT2D eigenvalue weighted by Crippen LogP contribution is 2.38. The van der Waals surface area contributed by atoms with Crippen molar-refractivity contribution >= 4 is 189 Å². The lowest BCUT2D eigenvalue weighted by atomic mass is 9.79. The predicted octanol–water partition coefficient (Wildman–Crippen LogP) is 18.6. The number of halogens is 5. The summed E-state index contributed by atoms with van der Waals surface area (Å²) in [4.78, 5) is 34.5. The van der Waals surface area contributed by atoms with Crippen LogP contribution in [0.3, 0.4) is 0 Å². The largest absolute Gasteiger partial charge is 0.494 e. The molecule has 0 aliphatic carbocycles. The Morgan fingerprint density at radius 3 is 1.16 bits per heavy atom. The van der Waals surface area contributed by atoms with Gasteiger partial charge in [-0.15, -0.1) is 0 Å². The summed E-state index contributed by atoms with van der Waals surface area (Å²) in [5.41, 5.74) is 14.9. The van der Waals surface area contributed by atoms with Gasteiger partial charge in [-0.05, 0) is 173 Å². The summed E-state index contributed by atoms with van der Waals surface area (Å²) in [6.07, 6.45) is 6.23. The van der Waals surface area contributed by atoms with Crippen LogP contribution in [0.2, 0.25) is 20.2 Å². The average Bonchev–Trinajstić information content (AvgIpc) is 1.64. The van der Waals surface area contributed by atoms with E-state index in [2.05, 4.69) is 186 Å². The number of morpholine rings is 3. The minimum Gasteiger partial charge on any atom is -0.399 e. The SMILES string of the molecule is C=Cc1nn(C)c2cc(-c3cc(Nc4ccc(Cl)cc4)nc(N4CCOCC4)n3)ccc12.C=Cc1nn(C)c2cc(B3OC(C)(C)C(C)(C)O3)ccc12.C=Cc1nn(C)c2cc(Br)ccc12.CCc1nn(C)c2cc(-c3cc(Nc4ccc(Cl)cc4)nc(N4CCOCC4)n3)ccc12.Clc1ccc(Nc2cc(Cl)nc(N3CCOCC3)n2)cc1. The first-order valence-electron chi connectivity index (χ1n) is 39.0. The molecule has 0 unspecified atom stereocenters. The van der Waals surface area contributed by atoms with Crippen molar-refractivity contribution in [1.82, 2.24) is 69.0 Å². The normalized spacial score (nSPS) is 14.9. The van der Waals surface area contributed by atoms with Gasteiger partial charge in [-0.2, -0.15) is 35.3 Å². The van der Waals surface area contributed by atoms with Crippen molar-refractivity contribution in [1.29, 1.82) is 0 Å². The molecule has 7 aromatic carbocycles. The number of rotatable bonds is 16. The first kappa shape index (κ1) is 84.6. The first-order chi connectivity index (χ1) is 57.4. The number of hydrogen-bond acceptors (Lipinski definition) is 21. The van der Waals surface area contributed by atoms with Crippen molar-refractivity contribution in [2.24, 2.45) is 28.2 Å². The van der Waals surface area contributed by atoms with Crippen molar-refractivity contribution < 1.29 is 23.5 Å². The van der Waals surface area contributed by atoms with Gasteiger partial charge in [0.15, 0.2) is 0 Å². The quantitative estimate of drug-likeness (QED) is 0.0602. The summed E-state index contributed by atoms with van der Waals surface area (Å²) in [5, 5.41) is 34.9. The van der Waals surface area contributed by atoms with Crippen LogP contribution in [0.1, 0.15) is 57.4 Å². The highest BCUT2D eigenvalue weighted by Gasteiger charge is 2.52. The minimum absolute atomic E-state index is 0.328. The van der Waals surface area contributed by atoms with E-state index in [1.807, 2.05) is 150 Å². The average molecular weight is 1740 g/mol. The Morgan fingerprint density at radius 2 is 0.756 bits per heavy atom. The number of fused-ring (bicyclic) bond motifs is 4. The third-order valence-corrected chi connectivity index (χ3v) is 22.4. The van der Waals surface area contributed by atoms with Gasteiger partial charge >= 0.3 is 7.12 Å². The van der Waals surface area contributed by atoms with Crippen LogP contribution in [0.4, 0.5) is 52.4 Å². The molecule has 25 nitrogen and oxygen atoms in total. The number of ether oxygens (including phenoxy) is 3. The Bertz CT molecular complexity index is 5950. The van der Waals surface area contributed by atoms with E-state index in [0.29, 0.717) is 83.5 Å². The second-order valence-electron chi connectivity index (χ2n) is 29.5. The van der Waals surface area contributed by atoms with Gasteiger partial charge in [0.25, 0.3) is 0 Å². The van der Waals surface area contributed by atoms with E-state index in [9.17, 15) is 0 Å². The summed E-state index contributed by atoms with van der Waals surface area (Å²) in [7, 11) is 7.44. The highest BCUT2D eigenvalue weighted by molar-refractivity contribution is 9.10. The van der Waals surface area contributed by atoms with Crippen LogP contribution >= 0.6 is 62.3 Å². The molecule has 31 heteroatoms. The standard InChI is InChI=1S/C24H25ClN6O.C24H23ClN6O.C16H21BN2O2.C14H14Cl2N4O.C10H9BrN2/c2*1-3-20-19-9-4-16(14-22(19)30(2)29-20)21-15-23(26-18-7-5-17(25)6-8-18)28-24(27-21)31-10-12-32-13-11-31;1-7-13-12-9-8-11(10-14(12)19(6)18-13)17-20-15(2,3)16(4,5)21-17;15-10-1-3-11(4-2-10)17-13-9-12(16)18-14(19-13)20-5-7-21-8-6-20;1-3-9-8-5-4-7(11)6-10(8)13(2)12-9/h4-9,14-15H,3,10-13H2,1-2H3,(H,26,27,28);3-9,14-15H,1,10-13H2,2H3,(H,26,27,28);7-10H,1H2,2-6H3;1-4,9H,5-8H2,(H,17,18,19);3-6H,1H2,2H3. The van der Waals surface area contributed by atoms with Crippen LogP contribution in [0, 0.1) is 0 Å². The molecular weight excluding hydrogens is 1650 g/mol. The monoisotopic (exact) mass is 1740 g/mol. The minimum atomic E-state index is -0.346. The topological polar surface area (TPSA) is 241 Å². The molecule has 7 aromatic heterocycles. The molecule has 3 N–H and O–H groups in total. The van der Waals surface area contributed by atoms with E-state index in [0.717, 1.165) is 168 Å². The molecule has 0 spiro atoms. The van der Waals surface area contributed by atoms with E-state index in [1.54, 1.807) is 24.3 Å². The molecule has 0 radical (unpaired) electrons. The number of benzene rings is 7. The Hall–Kier alpha value is -10.8. The van der Waals surface area contributed by atoms with E-state index in [1.165, 1.54) is 5.39 Å². The number of nitrogens with zero attached hydrogens (tertiary/aromatic N) is 17. The van der Waals surface area contributed by atoms with Gasteiger partial charge in [0.2, 0.25) is 17.8 Å². The molecule has 4 aliphatic rings. The maximum Gasteiger partial charge on any atom is 0.494 e. The molecule has 0 saturated carbocycles.